The van der Waals surface area contributed by atoms with Gasteiger partial charge in [0.2, 0.25) is 10.0 Å². The number of nitrogens with one attached hydrogen (secondary N) is 1. The number of nitrogens with zero attached hydrogens (tertiary/aromatic N) is 1. The van der Waals surface area contributed by atoms with Gasteiger partial charge in [0.25, 0.3) is 0 Å². The van der Waals surface area contributed by atoms with Gasteiger partial charge in [-0.05, 0) is 47.5 Å². The Morgan fingerprint density at radius 3 is 2.63 bits per heavy atom. The molecule has 4 nitrogen and oxygen atoms in total. The number of piperazine rings is 1. The maximum atomic E-state index is 12.7. The van der Waals surface area contributed by atoms with Gasteiger partial charge in [-0.25, -0.2) is 8.42 Å². The largest absolute Gasteiger partial charge is 0.312 e. The first-order valence-corrected chi connectivity index (χ1v) is 9.04. The zero-order chi connectivity index (χ0) is 14.2. The van der Waals surface area contributed by atoms with Gasteiger partial charge in [-0.3, -0.25) is 0 Å². The average Bonchev–Trinajstić information content (AvgIpc) is 2.33. The average molecular weight is 412 g/mol. The standard InChI is InChI=1S/C12H16Br2N2O2S/c1-8-5-11(14)12(6-10(8)13)19(17,18)16-4-3-15-9(2)7-16/h5-6,9,15H,3-4,7H2,1-2H3/t9-/m0/s1. The molecule has 1 N–H and O–H groups in total. The third kappa shape index (κ3) is 3.21. The van der Waals surface area contributed by atoms with Gasteiger partial charge in [0.1, 0.15) is 0 Å². The number of hydrogen-bond donors (Lipinski definition) is 1. The summed E-state index contributed by atoms with van der Waals surface area (Å²) in [5.74, 6) is 0. The van der Waals surface area contributed by atoms with Crippen molar-refractivity contribution in [2.75, 3.05) is 19.6 Å². The van der Waals surface area contributed by atoms with Crippen LogP contribution in [0.1, 0.15) is 12.5 Å². The Balaban J connectivity index is 2.42. The molecular formula is C12H16Br2N2O2S. The summed E-state index contributed by atoms with van der Waals surface area (Å²) >= 11 is 6.75. The summed E-state index contributed by atoms with van der Waals surface area (Å²) in [6.07, 6.45) is 0. The second-order valence-electron chi connectivity index (χ2n) is 4.75. The zero-order valence-electron chi connectivity index (χ0n) is 10.8. The van der Waals surface area contributed by atoms with E-state index in [1.165, 1.54) is 4.31 Å². The van der Waals surface area contributed by atoms with E-state index in [0.29, 0.717) is 29.0 Å². The Morgan fingerprint density at radius 2 is 2.00 bits per heavy atom. The molecule has 0 amide bonds. The minimum absolute atomic E-state index is 0.177. The first-order valence-electron chi connectivity index (χ1n) is 6.01. The topological polar surface area (TPSA) is 49.4 Å². The van der Waals surface area contributed by atoms with Crippen LogP contribution in [0.5, 0.6) is 0 Å². The zero-order valence-corrected chi connectivity index (χ0v) is 14.8. The fourth-order valence-electron chi connectivity index (χ4n) is 2.08. The molecular weight excluding hydrogens is 396 g/mol. The molecule has 19 heavy (non-hydrogen) atoms. The van der Waals surface area contributed by atoms with Crippen LogP contribution in [0.4, 0.5) is 0 Å². The van der Waals surface area contributed by atoms with E-state index >= 15 is 0 Å². The van der Waals surface area contributed by atoms with E-state index in [-0.39, 0.29) is 6.04 Å². The van der Waals surface area contributed by atoms with Crippen LogP contribution in [0.2, 0.25) is 0 Å². The first kappa shape index (κ1) is 15.4. The summed E-state index contributed by atoms with van der Waals surface area (Å²) in [4.78, 5) is 0.319. The Morgan fingerprint density at radius 1 is 1.32 bits per heavy atom. The lowest BCUT2D eigenvalue weighted by molar-refractivity contribution is 0.310. The Hall–Kier alpha value is 0.0500. The number of benzene rings is 1. The van der Waals surface area contributed by atoms with E-state index in [2.05, 4.69) is 37.2 Å². The van der Waals surface area contributed by atoms with Gasteiger partial charge < -0.3 is 5.32 Å². The van der Waals surface area contributed by atoms with E-state index in [0.717, 1.165) is 10.0 Å². The monoisotopic (exact) mass is 410 g/mol. The highest BCUT2D eigenvalue weighted by atomic mass is 79.9. The van der Waals surface area contributed by atoms with E-state index in [1.807, 2.05) is 19.9 Å². The molecule has 106 valence electrons. The van der Waals surface area contributed by atoms with Gasteiger partial charge >= 0.3 is 0 Å². The van der Waals surface area contributed by atoms with Crippen molar-refractivity contribution < 1.29 is 8.42 Å². The van der Waals surface area contributed by atoms with Crippen LogP contribution in [0.25, 0.3) is 0 Å². The highest BCUT2D eigenvalue weighted by Crippen LogP contribution is 2.31. The van der Waals surface area contributed by atoms with Gasteiger partial charge in [-0.15, -0.1) is 0 Å². The normalized spacial score (nSPS) is 21.6. The summed E-state index contributed by atoms with van der Waals surface area (Å²) < 4.78 is 28.3. The van der Waals surface area contributed by atoms with Crippen molar-refractivity contribution in [1.82, 2.24) is 9.62 Å². The van der Waals surface area contributed by atoms with E-state index in [9.17, 15) is 8.42 Å². The van der Waals surface area contributed by atoms with Crippen LogP contribution in [-0.2, 0) is 10.0 Å². The highest BCUT2D eigenvalue weighted by molar-refractivity contribution is 9.11. The van der Waals surface area contributed by atoms with Gasteiger partial charge in [-0.1, -0.05) is 15.9 Å². The molecule has 1 heterocycles. The predicted octanol–water partition coefficient (Wildman–Crippen LogP) is 2.50. The van der Waals surface area contributed by atoms with Gasteiger partial charge in [-0.2, -0.15) is 4.31 Å². The van der Waals surface area contributed by atoms with Gasteiger partial charge in [0.05, 0.1) is 4.90 Å². The third-order valence-corrected chi connectivity index (χ3v) is 6.84. The summed E-state index contributed by atoms with van der Waals surface area (Å²) in [5.41, 5.74) is 1.000. The molecule has 1 saturated heterocycles. The van der Waals surface area contributed by atoms with Crippen molar-refractivity contribution in [3.05, 3.63) is 26.6 Å². The van der Waals surface area contributed by atoms with Gasteiger partial charge in [0, 0.05) is 34.6 Å². The number of halogens is 2. The Bertz CT molecular complexity index is 590. The van der Waals surface area contributed by atoms with Crippen LogP contribution in [0, 0.1) is 6.92 Å². The number of rotatable bonds is 2. The van der Waals surface area contributed by atoms with Crippen molar-refractivity contribution in [1.29, 1.82) is 0 Å². The third-order valence-electron chi connectivity index (χ3n) is 3.16. The molecule has 1 atom stereocenters. The van der Waals surface area contributed by atoms with Crippen molar-refractivity contribution in [3.63, 3.8) is 0 Å². The molecule has 1 fully saturated rings. The lowest BCUT2D eigenvalue weighted by Crippen LogP contribution is -2.51. The molecule has 0 aromatic heterocycles. The molecule has 2 rings (SSSR count). The van der Waals surface area contributed by atoms with Gasteiger partial charge in [0.15, 0.2) is 0 Å². The molecule has 0 aliphatic carbocycles. The SMILES string of the molecule is Cc1cc(Br)c(S(=O)(=O)N2CCN[C@@H](C)C2)cc1Br. The summed E-state index contributed by atoms with van der Waals surface area (Å²) in [7, 11) is -3.45. The summed E-state index contributed by atoms with van der Waals surface area (Å²) in [6.45, 7) is 5.61. The Labute approximate surface area is 130 Å². The summed E-state index contributed by atoms with van der Waals surface area (Å²) in [5, 5.41) is 3.24. The quantitative estimate of drug-likeness (QED) is 0.813. The molecule has 1 aliphatic rings. The van der Waals surface area contributed by atoms with Crippen LogP contribution in [-0.4, -0.2) is 38.4 Å². The molecule has 0 spiro atoms. The molecule has 1 aromatic carbocycles. The van der Waals surface area contributed by atoms with Crippen molar-refractivity contribution >= 4 is 41.9 Å². The molecule has 7 heteroatoms. The highest BCUT2D eigenvalue weighted by Gasteiger charge is 2.30. The predicted molar refractivity (Wildman–Crippen MR) is 82.8 cm³/mol. The lowest BCUT2D eigenvalue weighted by atomic mass is 10.2. The van der Waals surface area contributed by atoms with E-state index in [1.54, 1.807) is 6.07 Å². The molecule has 0 saturated carbocycles. The second-order valence-corrected chi connectivity index (χ2v) is 8.37. The van der Waals surface area contributed by atoms with Crippen LogP contribution >= 0.6 is 31.9 Å². The van der Waals surface area contributed by atoms with Crippen LogP contribution < -0.4 is 5.32 Å². The summed E-state index contributed by atoms with van der Waals surface area (Å²) in [6, 6.07) is 3.67. The Kier molecular flexibility index (Phi) is 4.72. The lowest BCUT2D eigenvalue weighted by Gasteiger charge is -2.31. The molecule has 0 bridgehead atoms. The smallest absolute Gasteiger partial charge is 0.244 e. The second kappa shape index (κ2) is 5.81. The molecule has 0 unspecified atom stereocenters. The fraction of sp³-hybridized carbons (Fsp3) is 0.500. The first-order chi connectivity index (χ1) is 8.82. The minimum atomic E-state index is -3.45. The molecule has 1 aromatic rings. The number of aryl methyl sites for hydroxylation is 1. The molecule has 1 aliphatic heterocycles. The maximum absolute atomic E-state index is 12.7. The maximum Gasteiger partial charge on any atom is 0.244 e. The van der Waals surface area contributed by atoms with Crippen LogP contribution in [0.3, 0.4) is 0 Å². The van der Waals surface area contributed by atoms with Crippen molar-refractivity contribution in [2.45, 2.75) is 24.8 Å². The number of hydrogen-bond acceptors (Lipinski definition) is 3. The van der Waals surface area contributed by atoms with Crippen molar-refractivity contribution in [2.24, 2.45) is 0 Å². The molecule has 0 radical (unpaired) electrons. The fourth-order valence-corrected chi connectivity index (χ4v) is 5.25. The van der Waals surface area contributed by atoms with E-state index in [4.69, 9.17) is 0 Å². The van der Waals surface area contributed by atoms with Crippen molar-refractivity contribution in [3.8, 4) is 0 Å². The van der Waals surface area contributed by atoms with E-state index < -0.39 is 10.0 Å². The minimum Gasteiger partial charge on any atom is -0.312 e. The number of sulfonamides is 1. The van der Waals surface area contributed by atoms with Crippen LogP contribution in [0.15, 0.2) is 26.0 Å².